The lowest BCUT2D eigenvalue weighted by Crippen LogP contribution is -2.29. The van der Waals surface area contributed by atoms with Crippen molar-refractivity contribution in [1.29, 1.82) is 0 Å². The van der Waals surface area contributed by atoms with E-state index < -0.39 is 0 Å². The monoisotopic (exact) mass is 301 g/mol. The first-order chi connectivity index (χ1) is 9.83. The van der Waals surface area contributed by atoms with Crippen molar-refractivity contribution in [2.24, 2.45) is 0 Å². The van der Waals surface area contributed by atoms with Crippen LogP contribution in [0.3, 0.4) is 0 Å². The highest BCUT2D eigenvalue weighted by molar-refractivity contribution is 7.99. The third-order valence-electron chi connectivity index (χ3n) is 3.22. The Kier molecular flexibility index (Phi) is 4.23. The Balaban J connectivity index is 1.68. The molecular formula is C16H15NOS2. The van der Waals surface area contributed by atoms with Crippen LogP contribution in [0.2, 0.25) is 0 Å². The summed E-state index contributed by atoms with van der Waals surface area (Å²) in [6.07, 6.45) is 4.47. The van der Waals surface area contributed by atoms with Gasteiger partial charge in [-0.1, -0.05) is 24.3 Å². The Morgan fingerprint density at radius 3 is 3.00 bits per heavy atom. The van der Waals surface area contributed by atoms with Gasteiger partial charge in [0.05, 0.1) is 6.04 Å². The van der Waals surface area contributed by atoms with Gasteiger partial charge < -0.3 is 5.32 Å². The Morgan fingerprint density at radius 1 is 1.25 bits per heavy atom. The van der Waals surface area contributed by atoms with E-state index in [9.17, 15) is 4.79 Å². The normalized spacial score (nSPS) is 17.9. The van der Waals surface area contributed by atoms with Crippen LogP contribution in [0, 0.1) is 0 Å². The zero-order valence-electron chi connectivity index (χ0n) is 10.9. The van der Waals surface area contributed by atoms with Crippen molar-refractivity contribution in [1.82, 2.24) is 5.32 Å². The smallest absolute Gasteiger partial charge is 0.244 e. The molecule has 1 aromatic carbocycles. The molecule has 2 nitrogen and oxygen atoms in total. The topological polar surface area (TPSA) is 29.1 Å². The third kappa shape index (κ3) is 3.14. The molecular weight excluding hydrogens is 286 g/mol. The van der Waals surface area contributed by atoms with Crippen molar-refractivity contribution >= 4 is 35.1 Å². The Morgan fingerprint density at radius 2 is 2.15 bits per heavy atom. The molecule has 1 aliphatic rings. The highest BCUT2D eigenvalue weighted by Crippen LogP contribution is 2.35. The van der Waals surface area contributed by atoms with Gasteiger partial charge in [-0.3, -0.25) is 4.79 Å². The zero-order chi connectivity index (χ0) is 13.8. The van der Waals surface area contributed by atoms with E-state index in [2.05, 4.69) is 17.4 Å². The Bertz CT molecular complexity index is 619. The number of hydrogen-bond donors (Lipinski definition) is 1. The van der Waals surface area contributed by atoms with Crippen molar-refractivity contribution in [3.05, 3.63) is 58.3 Å². The molecule has 1 aromatic heterocycles. The summed E-state index contributed by atoms with van der Waals surface area (Å²) in [6.45, 7) is 0. The van der Waals surface area contributed by atoms with Gasteiger partial charge in [0.2, 0.25) is 5.91 Å². The highest BCUT2D eigenvalue weighted by Gasteiger charge is 2.20. The van der Waals surface area contributed by atoms with Gasteiger partial charge in [0.1, 0.15) is 0 Å². The summed E-state index contributed by atoms with van der Waals surface area (Å²) < 4.78 is 0. The molecule has 2 aromatic rings. The average molecular weight is 301 g/mol. The minimum atomic E-state index is -0.0231. The van der Waals surface area contributed by atoms with Gasteiger partial charge in [-0.25, -0.2) is 0 Å². The SMILES string of the molecule is O=C(C=Cc1cccs1)NC1CCSc2ccccc21. The molecule has 0 spiro atoms. The maximum atomic E-state index is 12.0. The van der Waals surface area contributed by atoms with E-state index >= 15 is 0 Å². The van der Waals surface area contributed by atoms with E-state index in [1.165, 1.54) is 10.5 Å². The van der Waals surface area contributed by atoms with Gasteiger partial charge in [0.25, 0.3) is 0 Å². The number of carbonyl (C=O) groups is 1. The number of benzene rings is 1. The summed E-state index contributed by atoms with van der Waals surface area (Å²) >= 11 is 3.49. The van der Waals surface area contributed by atoms with Crippen LogP contribution in [-0.2, 0) is 4.79 Å². The number of hydrogen-bond acceptors (Lipinski definition) is 3. The number of carbonyl (C=O) groups excluding carboxylic acids is 1. The molecule has 0 saturated heterocycles. The van der Waals surface area contributed by atoms with E-state index in [0.29, 0.717) is 0 Å². The molecule has 20 heavy (non-hydrogen) atoms. The van der Waals surface area contributed by atoms with Crippen molar-refractivity contribution in [3.8, 4) is 0 Å². The van der Waals surface area contributed by atoms with Crippen molar-refractivity contribution in [3.63, 3.8) is 0 Å². The molecule has 1 amide bonds. The van der Waals surface area contributed by atoms with Crippen LogP contribution >= 0.6 is 23.1 Å². The van der Waals surface area contributed by atoms with Gasteiger partial charge >= 0.3 is 0 Å². The summed E-state index contributed by atoms with van der Waals surface area (Å²) in [7, 11) is 0. The maximum Gasteiger partial charge on any atom is 0.244 e. The van der Waals surface area contributed by atoms with Crippen molar-refractivity contribution < 1.29 is 4.79 Å². The molecule has 0 fully saturated rings. The van der Waals surface area contributed by atoms with Crippen LogP contribution in [0.4, 0.5) is 0 Å². The van der Waals surface area contributed by atoms with Gasteiger partial charge in [0, 0.05) is 21.6 Å². The third-order valence-corrected chi connectivity index (χ3v) is 5.18. The number of nitrogens with one attached hydrogen (secondary N) is 1. The summed E-state index contributed by atoms with van der Waals surface area (Å²) in [4.78, 5) is 14.4. The summed E-state index contributed by atoms with van der Waals surface area (Å²) in [6, 6.07) is 12.4. The first-order valence-electron chi connectivity index (χ1n) is 6.57. The minimum absolute atomic E-state index is 0.0231. The van der Waals surface area contributed by atoms with E-state index in [1.807, 2.05) is 47.5 Å². The summed E-state index contributed by atoms with van der Waals surface area (Å²) in [5.41, 5.74) is 1.24. The van der Waals surface area contributed by atoms with E-state index in [0.717, 1.165) is 17.1 Å². The predicted octanol–water partition coefficient (Wildman–Crippen LogP) is 4.11. The Labute approximate surface area is 126 Å². The second kappa shape index (κ2) is 6.29. The van der Waals surface area contributed by atoms with E-state index in [-0.39, 0.29) is 11.9 Å². The number of amides is 1. The summed E-state index contributed by atoms with van der Waals surface area (Å²) in [5.74, 6) is 1.03. The van der Waals surface area contributed by atoms with Crippen LogP contribution in [0.1, 0.15) is 22.9 Å². The molecule has 4 heteroatoms. The molecule has 0 radical (unpaired) electrons. The molecule has 0 aliphatic carbocycles. The summed E-state index contributed by atoms with van der Waals surface area (Å²) in [5, 5.41) is 5.11. The first kappa shape index (κ1) is 13.5. The van der Waals surface area contributed by atoms with Gasteiger partial charge in [-0.05, 0) is 35.6 Å². The molecule has 0 bridgehead atoms. The molecule has 2 heterocycles. The largest absolute Gasteiger partial charge is 0.346 e. The second-order valence-corrected chi connectivity index (χ2v) is 6.70. The fraction of sp³-hybridized carbons (Fsp3) is 0.188. The van der Waals surface area contributed by atoms with Gasteiger partial charge in [-0.15, -0.1) is 23.1 Å². The zero-order valence-corrected chi connectivity index (χ0v) is 12.5. The van der Waals surface area contributed by atoms with Crippen molar-refractivity contribution in [2.75, 3.05) is 5.75 Å². The molecule has 1 atom stereocenters. The number of thiophene rings is 1. The number of thioether (sulfide) groups is 1. The van der Waals surface area contributed by atoms with Crippen LogP contribution in [-0.4, -0.2) is 11.7 Å². The minimum Gasteiger partial charge on any atom is -0.346 e. The lowest BCUT2D eigenvalue weighted by Gasteiger charge is -2.25. The Hall–Kier alpha value is -1.52. The fourth-order valence-electron chi connectivity index (χ4n) is 2.26. The second-order valence-electron chi connectivity index (χ2n) is 4.58. The van der Waals surface area contributed by atoms with Gasteiger partial charge in [0.15, 0.2) is 0 Å². The van der Waals surface area contributed by atoms with E-state index in [1.54, 1.807) is 17.4 Å². The van der Waals surface area contributed by atoms with Crippen LogP contribution < -0.4 is 5.32 Å². The quantitative estimate of drug-likeness (QED) is 0.864. The lowest BCUT2D eigenvalue weighted by molar-refractivity contribution is -0.117. The van der Waals surface area contributed by atoms with Gasteiger partial charge in [-0.2, -0.15) is 0 Å². The molecule has 1 aliphatic heterocycles. The number of rotatable bonds is 3. The molecule has 1 unspecified atom stereocenters. The molecule has 1 N–H and O–H groups in total. The maximum absolute atomic E-state index is 12.0. The lowest BCUT2D eigenvalue weighted by atomic mass is 10.0. The highest BCUT2D eigenvalue weighted by atomic mass is 32.2. The van der Waals surface area contributed by atoms with Crippen LogP contribution in [0.25, 0.3) is 6.08 Å². The first-order valence-corrected chi connectivity index (χ1v) is 8.43. The fourth-order valence-corrected chi connectivity index (χ4v) is 4.00. The van der Waals surface area contributed by atoms with Crippen molar-refractivity contribution in [2.45, 2.75) is 17.4 Å². The number of fused-ring (bicyclic) bond motifs is 1. The standard InChI is InChI=1S/C16H15NOS2/c18-16(8-7-12-4-3-10-19-12)17-14-9-11-20-15-6-2-1-5-13(14)15/h1-8,10,14H,9,11H2,(H,17,18). The predicted molar refractivity (Wildman–Crippen MR) is 86.0 cm³/mol. The van der Waals surface area contributed by atoms with Crippen LogP contribution in [0.15, 0.2) is 52.7 Å². The van der Waals surface area contributed by atoms with Crippen LogP contribution in [0.5, 0.6) is 0 Å². The molecule has 102 valence electrons. The molecule has 3 rings (SSSR count). The van der Waals surface area contributed by atoms with E-state index in [4.69, 9.17) is 0 Å². The molecule has 0 saturated carbocycles. The average Bonchev–Trinajstić information content (AvgIpc) is 2.99.